The van der Waals surface area contributed by atoms with Gasteiger partial charge >= 0.3 is 0 Å². The molecule has 0 saturated heterocycles. The summed E-state index contributed by atoms with van der Waals surface area (Å²) in [6.07, 6.45) is 1.72. The van der Waals surface area contributed by atoms with Crippen LogP contribution in [0.3, 0.4) is 0 Å². The van der Waals surface area contributed by atoms with Gasteiger partial charge in [0.1, 0.15) is 0 Å². The van der Waals surface area contributed by atoms with Gasteiger partial charge in [0.25, 0.3) is 0 Å². The van der Waals surface area contributed by atoms with Gasteiger partial charge in [-0.15, -0.1) is 0 Å². The molecular formula is C5H8N2O. The first kappa shape index (κ1) is 5.15. The maximum Gasteiger partial charge on any atom is 0.211 e. The van der Waals surface area contributed by atoms with Crippen LogP contribution in [0.2, 0.25) is 0 Å². The fourth-order valence-corrected chi connectivity index (χ4v) is 0.541. The molecule has 0 unspecified atom stereocenters. The van der Waals surface area contributed by atoms with E-state index < -0.39 is 0 Å². The van der Waals surface area contributed by atoms with E-state index in [4.69, 9.17) is 4.74 Å². The molecule has 3 nitrogen and oxygen atoms in total. The van der Waals surface area contributed by atoms with Crippen LogP contribution in [0.1, 0.15) is 5.56 Å². The zero-order valence-electron chi connectivity index (χ0n) is 4.93. The third-order valence-electron chi connectivity index (χ3n) is 0.987. The molecule has 0 radical (unpaired) electrons. The number of aromatic amines is 1. The summed E-state index contributed by atoms with van der Waals surface area (Å²) in [5, 5.41) is 6.43. The van der Waals surface area contributed by atoms with E-state index in [9.17, 15) is 0 Å². The van der Waals surface area contributed by atoms with Crippen molar-refractivity contribution in [2.45, 2.75) is 6.92 Å². The Morgan fingerprint density at radius 1 is 1.75 bits per heavy atom. The number of nitrogens with one attached hydrogen (secondary N) is 1. The molecule has 0 amide bonds. The summed E-state index contributed by atoms with van der Waals surface area (Å²) in [6.45, 7) is 1.93. The van der Waals surface area contributed by atoms with Crippen molar-refractivity contribution < 1.29 is 4.74 Å². The van der Waals surface area contributed by atoms with E-state index in [1.807, 2.05) is 6.92 Å². The van der Waals surface area contributed by atoms with Gasteiger partial charge in [-0.05, 0) is 6.92 Å². The zero-order valence-corrected chi connectivity index (χ0v) is 4.93. The van der Waals surface area contributed by atoms with E-state index in [1.54, 1.807) is 13.3 Å². The normalized spacial score (nSPS) is 9.25. The molecule has 1 N–H and O–H groups in total. The molecule has 0 aromatic carbocycles. The molecule has 44 valence electrons. The van der Waals surface area contributed by atoms with Gasteiger partial charge in [0.05, 0.1) is 13.3 Å². The molecule has 1 heterocycles. The summed E-state index contributed by atoms with van der Waals surface area (Å²) in [5.74, 6) is 0.741. The molecule has 0 bridgehead atoms. The van der Waals surface area contributed by atoms with Crippen molar-refractivity contribution in [1.82, 2.24) is 10.2 Å². The minimum Gasteiger partial charge on any atom is -0.481 e. The Morgan fingerprint density at radius 2 is 2.50 bits per heavy atom. The molecule has 0 aliphatic carbocycles. The minimum atomic E-state index is 0.741. The third-order valence-corrected chi connectivity index (χ3v) is 0.987. The highest BCUT2D eigenvalue weighted by atomic mass is 16.5. The average Bonchev–Trinajstić information content (AvgIpc) is 2.14. The van der Waals surface area contributed by atoms with E-state index >= 15 is 0 Å². The van der Waals surface area contributed by atoms with Gasteiger partial charge in [0, 0.05) is 5.56 Å². The Balaban J connectivity index is 2.92. The van der Waals surface area contributed by atoms with Crippen molar-refractivity contribution in [2.75, 3.05) is 7.11 Å². The van der Waals surface area contributed by atoms with E-state index in [0.29, 0.717) is 0 Å². The highest BCUT2D eigenvalue weighted by molar-refractivity contribution is 5.19. The van der Waals surface area contributed by atoms with E-state index in [1.165, 1.54) is 0 Å². The molecule has 0 aliphatic heterocycles. The van der Waals surface area contributed by atoms with Crippen LogP contribution in [0.4, 0.5) is 0 Å². The Hall–Kier alpha value is -0.990. The SMILES string of the molecule is COc1[nH]ncc1C. The van der Waals surface area contributed by atoms with Crippen molar-refractivity contribution in [2.24, 2.45) is 0 Å². The molecule has 0 aliphatic rings. The number of aryl methyl sites for hydroxylation is 1. The smallest absolute Gasteiger partial charge is 0.211 e. The predicted octanol–water partition coefficient (Wildman–Crippen LogP) is 0.727. The second-order valence-corrected chi connectivity index (χ2v) is 1.59. The third kappa shape index (κ3) is 0.665. The van der Waals surface area contributed by atoms with Crippen LogP contribution in [0.5, 0.6) is 5.88 Å². The second-order valence-electron chi connectivity index (χ2n) is 1.59. The lowest BCUT2D eigenvalue weighted by Gasteiger charge is -1.91. The van der Waals surface area contributed by atoms with Gasteiger partial charge in [0.2, 0.25) is 5.88 Å². The van der Waals surface area contributed by atoms with Crippen LogP contribution in [0.25, 0.3) is 0 Å². The van der Waals surface area contributed by atoms with Crippen LogP contribution in [-0.2, 0) is 0 Å². The summed E-state index contributed by atoms with van der Waals surface area (Å²) in [5.41, 5.74) is 1.03. The lowest BCUT2D eigenvalue weighted by Crippen LogP contribution is -1.83. The fraction of sp³-hybridized carbons (Fsp3) is 0.400. The number of methoxy groups -OCH3 is 1. The summed E-state index contributed by atoms with van der Waals surface area (Å²) in [6, 6.07) is 0. The summed E-state index contributed by atoms with van der Waals surface area (Å²) in [7, 11) is 1.61. The van der Waals surface area contributed by atoms with Crippen LogP contribution in [-0.4, -0.2) is 17.3 Å². The number of ether oxygens (including phenoxy) is 1. The van der Waals surface area contributed by atoms with Crippen LogP contribution < -0.4 is 4.74 Å². The molecule has 8 heavy (non-hydrogen) atoms. The molecular weight excluding hydrogens is 104 g/mol. The maximum atomic E-state index is 4.87. The van der Waals surface area contributed by atoms with Crippen molar-refractivity contribution in [3.63, 3.8) is 0 Å². The maximum absolute atomic E-state index is 4.87. The number of rotatable bonds is 1. The van der Waals surface area contributed by atoms with Gasteiger partial charge in [-0.25, -0.2) is 5.10 Å². The lowest BCUT2D eigenvalue weighted by atomic mass is 10.4. The van der Waals surface area contributed by atoms with Crippen molar-refractivity contribution in [3.8, 4) is 5.88 Å². The molecule has 1 rings (SSSR count). The number of aromatic nitrogens is 2. The highest BCUT2D eigenvalue weighted by Gasteiger charge is 1.94. The quantitative estimate of drug-likeness (QED) is 0.581. The standard InChI is InChI=1S/C5H8N2O/c1-4-3-6-7-5(4)8-2/h3H,1-2H3,(H,6,7). The Bertz CT molecular complexity index is 171. The van der Waals surface area contributed by atoms with Crippen LogP contribution in [0.15, 0.2) is 6.20 Å². The number of hydrogen-bond donors (Lipinski definition) is 1. The largest absolute Gasteiger partial charge is 0.481 e. The zero-order chi connectivity index (χ0) is 5.98. The average molecular weight is 112 g/mol. The Kier molecular flexibility index (Phi) is 1.20. The topological polar surface area (TPSA) is 37.9 Å². The fourth-order valence-electron chi connectivity index (χ4n) is 0.541. The first-order chi connectivity index (χ1) is 3.84. The van der Waals surface area contributed by atoms with Gasteiger partial charge in [-0.2, -0.15) is 5.10 Å². The number of hydrogen-bond acceptors (Lipinski definition) is 2. The summed E-state index contributed by atoms with van der Waals surface area (Å²) in [4.78, 5) is 0. The van der Waals surface area contributed by atoms with E-state index in [2.05, 4.69) is 10.2 Å². The van der Waals surface area contributed by atoms with Gasteiger partial charge < -0.3 is 4.74 Å². The monoisotopic (exact) mass is 112 g/mol. The molecule has 0 spiro atoms. The summed E-state index contributed by atoms with van der Waals surface area (Å²) < 4.78 is 4.87. The second kappa shape index (κ2) is 1.86. The van der Waals surface area contributed by atoms with Crippen LogP contribution >= 0.6 is 0 Å². The molecule has 3 heteroatoms. The van der Waals surface area contributed by atoms with Gasteiger partial charge in [-0.3, -0.25) is 0 Å². The predicted molar refractivity (Wildman–Crippen MR) is 29.9 cm³/mol. The van der Waals surface area contributed by atoms with Crippen molar-refractivity contribution >= 4 is 0 Å². The van der Waals surface area contributed by atoms with Gasteiger partial charge in [0.15, 0.2) is 0 Å². The number of nitrogens with zero attached hydrogens (tertiary/aromatic N) is 1. The lowest BCUT2D eigenvalue weighted by molar-refractivity contribution is 0.394. The molecule has 0 atom stereocenters. The van der Waals surface area contributed by atoms with Crippen molar-refractivity contribution in [3.05, 3.63) is 11.8 Å². The van der Waals surface area contributed by atoms with Crippen LogP contribution in [0, 0.1) is 6.92 Å². The number of H-pyrrole nitrogens is 1. The Labute approximate surface area is 47.7 Å². The Morgan fingerprint density at radius 3 is 2.75 bits per heavy atom. The highest BCUT2D eigenvalue weighted by Crippen LogP contribution is 2.09. The van der Waals surface area contributed by atoms with Gasteiger partial charge in [-0.1, -0.05) is 0 Å². The molecule has 0 fully saturated rings. The first-order valence-corrected chi connectivity index (χ1v) is 2.38. The van der Waals surface area contributed by atoms with Crippen molar-refractivity contribution in [1.29, 1.82) is 0 Å². The summed E-state index contributed by atoms with van der Waals surface area (Å²) >= 11 is 0. The van der Waals surface area contributed by atoms with E-state index in [0.717, 1.165) is 11.4 Å². The van der Waals surface area contributed by atoms with E-state index in [-0.39, 0.29) is 0 Å². The first-order valence-electron chi connectivity index (χ1n) is 2.38. The molecule has 0 saturated carbocycles. The minimum absolute atomic E-state index is 0.741. The molecule has 1 aromatic rings. The molecule has 1 aromatic heterocycles.